The van der Waals surface area contributed by atoms with Crippen LogP contribution in [0.15, 0.2) is 0 Å². The van der Waals surface area contributed by atoms with Crippen LogP contribution in [-0.2, 0) is 71.0 Å². The largest absolute Gasteiger partial charge is 0.470 e. The van der Waals surface area contributed by atoms with Gasteiger partial charge in [0.05, 0.1) is 51.1 Å². The maximum atomic E-state index is 15.1. The third-order valence-electron chi connectivity index (χ3n) is 24.1. The first-order valence-electron chi connectivity index (χ1n) is 50.0. The highest BCUT2D eigenvalue weighted by molar-refractivity contribution is 7.46. The summed E-state index contributed by atoms with van der Waals surface area (Å²) in [5.41, 5.74) is 0. The molecule has 2 aliphatic heterocycles. The molecule has 2 heterocycles. The van der Waals surface area contributed by atoms with Crippen LogP contribution in [0.4, 0.5) is 0 Å². The van der Waals surface area contributed by atoms with E-state index >= 15 is 4.79 Å². The van der Waals surface area contributed by atoms with E-state index in [4.69, 9.17) is 37.7 Å². The molecule has 0 aliphatic carbocycles. The van der Waals surface area contributed by atoms with Gasteiger partial charge in [-0.05, 0) is 51.4 Å². The predicted octanol–water partition coefficient (Wildman–Crippen LogP) is 21.3. The van der Waals surface area contributed by atoms with Gasteiger partial charge in [0.2, 0.25) is 11.8 Å². The second-order valence-electron chi connectivity index (χ2n) is 35.7. The van der Waals surface area contributed by atoms with E-state index in [1.165, 1.54) is 135 Å². The summed E-state index contributed by atoms with van der Waals surface area (Å²) >= 11 is 0. The third kappa shape index (κ3) is 60.9. The molecule has 0 aromatic carbocycles. The molecule has 0 spiro atoms. The van der Waals surface area contributed by atoms with E-state index < -0.39 is 168 Å². The van der Waals surface area contributed by atoms with Crippen molar-refractivity contribution >= 4 is 43.5 Å². The summed E-state index contributed by atoms with van der Waals surface area (Å²) in [7, 11) is -5.62. The Morgan fingerprint density at radius 2 is 0.653 bits per heavy atom. The molecule has 4 unspecified atom stereocenters. The molecule has 9 N–H and O–H groups in total. The van der Waals surface area contributed by atoms with Gasteiger partial charge in [-0.15, -0.1) is 0 Å². The van der Waals surface area contributed by atoms with Gasteiger partial charge >= 0.3 is 31.7 Å². The summed E-state index contributed by atoms with van der Waals surface area (Å²) in [6.07, 6.45) is 40.7. The molecular weight excluding hydrogens is 1560 g/mol. The van der Waals surface area contributed by atoms with E-state index in [2.05, 4.69) is 52.2 Å². The number of aliphatic hydroxyl groups excluding tert-OH is 5. The van der Waals surface area contributed by atoms with E-state index in [1.54, 1.807) is 0 Å². The van der Waals surface area contributed by atoms with E-state index in [-0.39, 0.29) is 25.7 Å². The number of aliphatic hydroxyl groups is 5. The maximum absolute atomic E-state index is 15.1. The number of carbonyl (C=O) groups excluding carboxylic acids is 6. The van der Waals surface area contributed by atoms with Crippen LogP contribution in [0.1, 0.15) is 478 Å². The number of unbranched alkanes of at least 4 members (excludes halogenated alkanes) is 52. The van der Waals surface area contributed by atoms with Crippen molar-refractivity contribution in [2.45, 2.75) is 564 Å². The number of phosphoric acid groups is 1. The number of hydrogen-bond donors (Lipinski definition) is 9. The van der Waals surface area contributed by atoms with E-state index in [0.29, 0.717) is 51.4 Å². The van der Waals surface area contributed by atoms with Crippen LogP contribution < -0.4 is 10.6 Å². The number of hydrogen-bond acceptors (Lipinski definition) is 20. The molecule has 14 atom stereocenters. The summed E-state index contributed by atoms with van der Waals surface area (Å²) in [6.45, 7) is 11.3. The van der Waals surface area contributed by atoms with Gasteiger partial charge in [0, 0.05) is 12.8 Å². The Hall–Kier alpha value is -3.39. The Labute approximate surface area is 733 Å². The highest BCUT2D eigenvalue weighted by atomic mass is 31.2. The van der Waals surface area contributed by atoms with Gasteiger partial charge in [0.15, 0.2) is 24.8 Å². The zero-order valence-corrected chi connectivity index (χ0v) is 78.2. The Bertz CT molecular complexity index is 2550. The van der Waals surface area contributed by atoms with Crippen molar-refractivity contribution in [1.82, 2.24) is 10.6 Å². The topological polar surface area (TPSA) is 359 Å². The zero-order valence-electron chi connectivity index (χ0n) is 77.3. The molecule has 2 fully saturated rings. The number of nitrogens with one attached hydrogen (secondary N) is 2. The molecule has 712 valence electrons. The number of amides is 2. The van der Waals surface area contributed by atoms with Crippen molar-refractivity contribution in [2.24, 2.45) is 0 Å². The monoisotopic (exact) mass is 1750 g/mol. The van der Waals surface area contributed by atoms with Gasteiger partial charge < -0.3 is 79.1 Å². The summed E-state index contributed by atoms with van der Waals surface area (Å²) in [6, 6.07) is -3.47. The standard InChI is InChI=1S/C96H181N2O22P/c1-7-13-19-25-31-37-39-45-51-57-63-69-85(104)114-79(67-61-55-49-43-35-29-23-17-11-5)73-84(103)98-90-94(119-88(107)74-80(68-62-56-50-44-36-30-24-18-12-6)115-86(105)70-64-58-52-46-40-38-32-26-20-14-8-2)92(120-121(110,111)112)81(75-99)117-96(90)113-76-82-91(108)93(118-87(106)72-78(101)66-60-54-48-42-34-28-22-16-10-4)89(95(109)116-82)97-83(102)71-77(100)65-59-53-47-41-33-27-21-15-9-3/h77-82,89-96,99-101,108-109H,7-76H2,1-6H3,(H,97,102)(H,98,103)(H2,110,111,112)/t77?,78?,79?,80?,81-,82-,89-,90-,91-,92-,93-,94-,95+,96-/m1/s1. The van der Waals surface area contributed by atoms with Gasteiger partial charge in [-0.2, -0.15) is 0 Å². The zero-order chi connectivity index (χ0) is 88.6. The molecule has 2 saturated heterocycles. The fourth-order valence-corrected chi connectivity index (χ4v) is 17.3. The third-order valence-corrected chi connectivity index (χ3v) is 24.6. The molecule has 0 aromatic rings. The van der Waals surface area contributed by atoms with Crippen LogP contribution in [-0.4, -0.2) is 170 Å². The normalized spacial score (nSPS) is 20.4. The quantitative estimate of drug-likeness (QED) is 0.0118. The number of ether oxygens (including phenoxy) is 7. The second-order valence-corrected chi connectivity index (χ2v) is 36.8. The highest BCUT2D eigenvalue weighted by Crippen LogP contribution is 2.43. The number of esters is 4. The first kappa shape index (κ1) is 114. The summed E-state index contributed by atoms with van der Waals surface area (Å²) < 4.78 is 61.9. The minimum Gasteiger partial charge on any atom is -0.462 e. The fourth-order valence-electron chi connectivity index (χ4n) is 16.7. The highest BCUT2D eigenvalue weighted by Gasteiger charge is 2.54. The molecule has 121 heavy (non-hydrogen) atoms. The van der Waals surface area contributed by atoms with Crippen molar-refractivity contribution in [3.05, 3.63) is 0 Å². The summed E-state index contributed by atoms with van der Waals surface area (Å²) in [4.78, 5) is 107. The number of phosphoric ester groups is 1. The Morgan fingerprint density at radius 3 is 1.02 bits per heavy atom. The predicted molar refractivity (Wildman–Crippen MR) is 479 cm³/mol. The minimum absolute atomic E-state index is 0.111. The van der Waals surface area contributed by atoms with Crippen LogP contribution >= 0.6 is 7.82 Å². The van der Waals surface area contributed by atoms with Crippen molar-refractivity contribution in [1.29, 1.82) is 0 Å². The molecule has 0 radical (unpaired) electrons. The first-order chi connectivity index (χ1) is 58.6. The van der Waals surface area contributed by atoms with E-state index in [0.717, 1.165) is 199 Å². The van der Waals surface area contributed by atoms with Crippen LogP contribution in [0.5, 0.6) is 0 Å². The minimum atomic E-state index is -5.62. The average Bonchev–Trinajstić information content (AvgIpc) is 0.777. The van der Waals surface area contributed by atoms with E-state index in [9.17, 15) is 63.9 Å². The van der Waals surface area contributed by atoms with Crippen molar-refractivity contribution in [3.63, 3.8) is 0 Å². The lowest BCUT2D eigenvalue weighted by molar-refractivity contribution is -0.298. The van der Waals surface area contributed by atoms with Crippen LogP contribution in [0.2, 0.25) is 0 Å². The van der Waals surface area contributed by atoms with E-state index in [1.807, 2.05) is 0 Å². The van der Waals surface area contributed by atoms with Gasteiger partial charge in [-0.1, -0.05) is 388 Å². The Morgan fingerprint density at radius 1 is 0.347 bits per heavy atom. The van der Waals surface area contributed by atoms with Crippen LogP contribution in [0.25, 0.3) is 0 Å². The molecule has 2 amide bonds. The molecule has 24 nitrogen and oxygen atoms in total. The first-order valence-corrected chi connectivity index (χ1v) is 51.5. The Kier molecular flexibility index (Phi) is 72.0. The lowest BCUT2D eigenvalue weighted by atomic mass is 9.95. The van der Waals surface area contributed by atoms with Gasteiger partial charge in [-0.3, -0.25) is 33.3 Å². The van der Waals surface area contributed by atoms with Crippen molar-refractivity contribution in [2.75, 3.05) is 13.2 Å². The molecular formula is C96H181N2O22P. The lowest BCUT2D eigenvalue weighted by Crippen LogP contribution is -2.68. The molecule has 25 heteroatoms. The van der Waals surface area contributed by atoms with Gasteiger partial charge in [0.1, 0.15) is 48.7 Å². The van der Waals surface area contributed by atoms with Gasteiger partial charge in [0.25, 0.3) is 0 Å². The summed E-state index contributed by atoms with van der Waals surface area (Å²) in [5, 5.41) is 63.3. The van der Waals surface area contributed by atoms with Crippen molar-refractivity contribution < 1.29 is 106 Å². The average molecular weight is 1750 g/mol. The summed E-state index contributed by atoms with van der Waals surface area (Å²) in [5.74, 6) is -4.55. The molecule has 0 saturated carbocycles. The fraction of sp³-hybridized carbons (Fsp3) is 0.938. The molecule has 0 bridgehead atoms. The molecule has 0 aromatic heterocycles. The van der Waals surface area contributed by atoms with Crippen LogP contribution in [0, 0.1) is 0 Å². The van der Waals surface area contributed by atoms with Gasteiger partial charge in [-0.25, -0.2) is 4.57 Å². The molecule has 2 rings (SSSR count). The number of carbonyl (C=O) groups is 6. The number of rotatable bonds is 84. The SMILES string of the molecule is CCCCCCCCCCCCCC(=O)OC(CCCCCCCCCCC)CC(=O)N[C@H]1[C@H](OC[C@H]2O[C@H](O)[C@H](NC(=O)CC(O)CCCCCCCCCCC)[C@@H](OC(=O)CC(O)CCCCCCCCCCC)[C@@H]2O)O[C@H](CO)[C@@H](OP(=O)(O)O)[C@@H]1OC(=O)CC(CCCCCCCCCCC)OC(=O)CCCCCCCCCCCCC. The Balaban J connectivity index is 2.73. The maximum Gasteiger partial charge on any atom is 0.470 e. The van der Waals surface area contributed by atoms with Crippen LogP contribution in [0.3, 0.4) is 0 Å². The lowest BCUT2D eigenvalue weighted by Gasteiger charge is -2.46. The second kappa shape index (κ2) is 76.6. The van der Waals surface area contributed by atoms with Crippen molar-refractivity contribution in [3.8, 4) is 0 Å². The molecule has 2 aliphatic rings. The smallest absolute Gasteiger partial charge is 0.462 e.